The van der Waals surface area contributed by atoms with Crippen molar-refractivity contribution >= 4 is 23.5 Å². The number of alkyl carbamates (subject to hydrolysis) is 1. The number of terminal acetylenes is 1. The summed E-state index contributed by atoms with van der Waals surface area (Å²) in [5.74, 6) is -0.251. The van der Waals surface area contributed by atoms with Gasteiger partial charge in [0.2, 0.25) is 0 Å². The number of allylic oxidation sites excluding steroid dienone is 5. The minimum absolute atomic E-state index is 0.00713. The van der Waals surface area contributed by atoms with E-state index in [1.165, 1.54) is 6.08 Å². The van der Waals surface area contributed by atoms with Crippen molar-refractivity contribution in [2.75, 3.05) is 26.3 Å². The van der Waals surface area contributed by atoms with Gasteiger partial charge in [-0.1, -0.05) is 93.6 Å². The lowest BCUT2D eigenvalue weighted by molar-refractivity contribution is -0.124. The number of ether oxygens (including phenoxy) is 2. The molecule has 0 bridgehead atoms. The lowest BCUT2D eigenvalue weighted by Gasteiger charge is -2.30. The molecule has 4 N–H and O–H groups in total. The molecule has 0 aromatic heterocycles. The van der Waals surface area contributed by atoms with Crippen LogP contribution in [0.3, 0.4) is 0 Å². The van der Waals surface area contributed by atoms with Crippen LogP contribution in [0.15, 0.2) is 96.4 Å². The topological polar surface area (TPSA) is 103 Å². The molecule has 3 atom stereocenters. The highest BCUT2D eigenvalue weighted by molar-refractivity contribution is 6.30. The molecule has 12 heteroatoms. The number of hydrogen-bond donors (Lipinski definition) is 3. The summed E-state index contributed by atoms with van der Waals surface area (Å²) >= 11 is 5.76. The van der Waals surface area contributed by atoms with E-state index in [0.717, 1.165) is 17.6 Å². The molecule has 0 spiro atoms. The molecule has 2 aromatic rings. The van der Waals surface area contributed by atoms with Gasteiger partial charge in [0.1, 0.15) is 19.0 Å². The van der Waals surface area contributed by atoms with Crippen LogP contribution in [-0.4, -0.2) is 62.5 Å². The number of halogens is 5. The average molecular weight is 738 g/mol. The van der Waals surface area contributed by atoms with E-state index in [0.29, 0.717) is 36.4 Å². The van der Waals surface area contributed by atoms with Gasteiger partial charge in [0.05, 0.1) is 24.8 Å². The van der Waals surface area contributed by atoms with Crippen LogP contribution in [0.1, 0.15) is 52.5 Å². The largest absolute Gasteiger partial charge is 0.448 e. The fourth-order valence-electron chi connectivity index (χ4n) is 4.51. The van der Waals surface area contributed by atoms with Crippen molar-refractivity contribution in [1.29, 1.82) is 0 Å². The van der Waals surface area contributed by atoms with Gasteiger partial charge in [0, 0.05) is 17.5 Å². The Morgan fingerprint density at radius 2 is 1.71 bits per heavy atom. The summed E-state index contributed by atoms with van der Waals surface area (Å²) in [7, 11) is 0. The Hall–Kier alpha value is -3.95. The molecule has 1 aliphatic rings. The SMILES string of the molecule is C#C.C=C/C(F)=C(CC[C@@H]1CN[C@H](COC(=O)NCC(F)(F)F)CO1)\C(C)=C/CC.CC(C)C(=O)[C@@H](N)Cc1ccc(Cl)cc1.c1ccccc1. The van der Waals surface area contributed by atoms with Gasteiger partial charge in [-0.2, -0.15) is 13.2 Å². The summed E-state index contributed by atoms with van der Waals surface area (Å²) in [5, 5.41) is 5.45. The number of nitrogens with one attached hydrogen (secondary N) is 2. The molecule has 0 saturated carbocycles. The Balaban J connectivity index is 0.000000894. The summed E-state index contributed by atoms with van der Waals surface area (Å²) in [5.41, 5.74) is 8.33. The van der Waals surface area contributed by atoms with Gasteiger partial charge in [-0.15, -0.1) is 12.8 Å². The summed E-state index contributed by atoms with van der Waals surface area (Å²) in [6.07, 6.45) is 7.86. The molecular weight excluding hydrogens is 686 g/mol. The zero-order valence-electron chi connectivity index (χ0n) is 29.9. The van der Waals surface area contributed by atoms with Crippen molar-refractivity contribution in [1.82, 2.24) is 10.6 Å². The maximum atomic E-state index is 14.0. The first kappa shape index (κ1) is 47.1. The Morgan fingerprint density at radius 3 is 2.16 bits per heavy atom. The smallest absolute Gasteiger partial charge is 0.407 e. The number of benzene rings is 2. The number of Topliss-reactive ketones (excluding diaryl/α,β-unsaturated/α-hetero) is 1. The predicted octanol–water partition coefficient (Wildman–Crippen LogP) is 8.55. The monoisotopic (exact) mass is 737 g/mol. The van der Waals surface area contributed by atoms with Crippen LogP contribution in [-0.2, 0) is 20.7 Å². The summed E-state index contributed by atoms with van der Waals surface area (Å²) < 4.78 is 60.5. The van der Waals surface area contributed by atoms with Gasteiger partial charge in [-0.3, -0.25) is 4.79 Å². The molecule has 7 nitrogen and oxygen atoms in total. The first-order chi connectivity index (χ1) is 24.2. The Labute approximate surface area is 305 Å². The number of amides is 1. The number of rotatable bonds is 13. The molecule has 2 aromatic carbocycles. The fourth-order valence-corrected chi connectivity index (χ4v) is 4.64. The summed E-state index contributed by atoms with van der Waals surface area (Å²) in [6.45, 7) is 10.2. The molecule has 51 heavy (non-hydrogen) atoms. The Bertz CT molecular complexity index is 1330. The van der Waals surface area contributed by atoms with Gasteiger partial charge in [0.15, 0.2) is 5.78 Å². The zero-order valence-corrected chi connectivity index (χ0v) is 30.6. The molecule has 3 rings (SSSR count). The fraction of sp³-hybridized carbons (Fsp3) is 0.436. The van der Waals surface area contributed by atoms with Crippen molar-refractivity contribution < 1.29 is 36.6 Å². The minimum Gasteiger partial charge on any atom is -0.448 e. The first-order valence-electron chi connectivity index (χ1n) is 16.5. The van der Waals surface area contributed by atoms with E-state index in [9.17, 15) is 27.2 Å². The molecule has 0 unspecified atom stereocenters. The first-order valence-corrected chi connectivity index (χ1v) is 16.9. The second kappa shape index (κ2) is 26.8. The lowest BCUT2D eigenvalue weighted by Crippen LogP contribution is -2.49. The maximum Gasteiger partial charge on any atom is 0.407 e. The van der Waals surface area contributed by atoms with E-state index in [-0.39, 0.29) is 42.9 Å². The van der Waals surface area contributed by atoms with Gasteiger partial charge < -0.3 is 25.8 Å². The summed E-state index contributed by atoms with van der Waals surface area (Å²) in [6, 6.07) is 18.7. The van der Waals surface area contributed by atoms with E-state index in [1.54, 1.807) is 5.32 Å². The van der Waals surface area contributed by atoms with Crippen LogP contribution < -0.4 is 16.4 Å². The molecule has 282 valence electrons. The minimum atomic E-state index is -4.48. The standard InChI is InChI=1S/C19H28F4N2O3.C12H16ClNO.C6H6.C2H2/c1-4-6-13(3)16(17(20)5-2)8-7-15-9-24-14(10-27-15)11-28-18(26)25-12-19(21,22)23;1-8(2)12(15)11(14)7-9-3-5-10(13)6-4-9;1-2-4-6-5-3-1;1-2/h5-6,14-15,24H,2,4,7-12H2,1,3H3,(H,25,26);3-6,8,11H,7,14H2,1-2H3;1-6H;1-2H/b13-6-,17-16+;;;/t14-,15+;11-;;/m00../s1. The molecule has 1 heterocycles. The molecular formula is C39H52ClF4N3O4. The highest BCUT2D eigenvalue weighted by atomic mass is 35.5. The normalized spacial score (nSPS) is 16.7. The molecule has 1 aliphatic heterocycles. The third-order valence-corrected chi connectivity index (χ3v) is 7.41. The molecule has 0 aliphatic carbocycles. The number of carbonyl (C=O) groups excluding carboxylic acids is 2. The molecule has 1 saturated heterocycles. The number of morpholine rings is 1. The lowest BCUT2D eigenvalue weighted by atomic mass is 9.97. The van der Waals surface area contributed by atoms with Gasteiger partial charge in [-0.25, -0.2) is 9.18 Å². The third kappa shape index (κ3) is 22.5. The van der Waals surface area contributed by atoms with Crippen molar-refractivity contribution in [3.05, 3.63) is 107 Å². The van der Waals surface area contributed by atoms with Crippen molar-refractivity contribution in [3.63, 3.8) is 0 Å². The van der Waals surface area contributed by atoms with Gasteiger partial charge in [-0.05, 0) is 67.5 Å². The van der Waals surface area contributed by atoms with Gasteiger partial charge >= 0.3 is 12.3 Å². The second-order valence-corrected chi connectivity index (χ2v) is 12.1. The van der Waals surface area contributed by atoms with E-state index in [2.05, 4.69) is 24.7 Å². The Morgan fingerprint density at radius 1 is 1.14 bits per heavy atom. The second-order valence-electron chi connectivity index (χ2n) is 11.6. The van der Waals surface area contributed by atoms with E-state index in [4.69, 9.17) is 26.8 Å². The summed E-state index contributed by atoms with van der Waals surface area (Å²) in [4.78, 5) is 22.8. The van der Waals surface area contributed by atoms with Crippen LogP contribution in [0.5, 0.6) is 0 Å². The average Bonchev–Trinajstić information content (AvgIpc) is 3.12. The number of nitrogens with two attached hydrogens (primary N) is 1. The number of alkyl halides is 3. The predicted molar refractivity (Wildman–Crippen MR) is 198 cm³/mol. The Kier molecular flexibility index (Phi) is 24.7. The van der Waals surface area contributed by atoms with E-state index in [1.807, 2.05) is 94.4 Å². The van der Waals surface area contributed by atoms with Crippen LogP contribution >= 0.6 is 11.6 Å². The molecule has 0 radical (unpaired) electrons. The van der Waals surface area contributed by atoms with Gasteiger partial charge in [0.25, 0.3) is 0 Å². The van der Waals surface area contributed by atoms with Crippen molar-refractivity contribution in [2.24, 2.45) is 11.7 Å². The van der Waals surface area contributed by atoms with Crippen LogP contribution in [0.4, 0.5) is 22.4 Å². The van der Waals surface area contributed by atoms with Crippen molar-refractivity contribution in [3.8, 4) is 12.8 Å². The van der Waals surface area contributed by atoms with E-state index < -0.39 is 24.9 Å². The highest BCUT2D eigenvalue weighted by Crippen LogP contribution is 2.24. The quantitative estimate of drug-likeness (QED) is 0.108. The van der Waals surface area contributed by atoms with E-state index >= 15 is 0 Å². The van der Waals surface area contributed by atoms with Crippen LogP contribution in [0.25, 0.3) is 0 Å². The number of ketones is 1. The number of hydrogen-bond acceptors (Lipinski definition) is 6. The molecule has 1 amide bonds. The molecule has 1 fully saturated rings. The maximum absolute atomic E-state index is 14.0. The highest BCUT2D eigenvalue weighted by Gasteiger charge is 2.28. The zero-order chi connectivity index (χ0) is 38.8. The number of carbonyl (C=O) groups is 2. The third-order valence-electron chi connectivity index (χ3n) is 7.16. The van der Waals surface area contributed by atoms with Crippen LogP contribution in [0.2, 0.25) is 5.02 Å². The van der Waals surface area contributed by atoms with Crippen molar-refractivity contribution in [2.45, 2.75) is 77.7 Å². The van der Waals surface area contributed by atoms with Crippen LogP contribution in [0, 0.1) is 18.8 Å².